The maximum atomic E-state index is 3.94. The summed E-state index contributed by atoms with van der Waals surface area (Å²) in [5.41, 5.74) is 2.66. The molecule has 0 aromatic heterocycles. The summed E-state index contributed by atoms with van der Waals surface area (Å²) in [6.45, 7) is 6.18. The predicted octanol–water partition coefficient (Wildman–Crippen LogP) is 4.66. The van der Waals surface area contributed by atoms with Gasteiger partial charge >= 0.3 is 0 Å². The largest absolute Gasteiger partial charge is 0.0839 e. The Balaban J connectivity index is 2.48. The van der Waals surface area contributed by atoms with Crippen LogP contribution in [-0.2, 0) is 6.42 Å². The molecule has 0 aliphatic heterocycles. The van der Waals surface area contributed by atoms with Gasteiger partial charge < -0.3 is 0 Å². The Morgan fingerprint density at radius 1 is 1.20 bits per heavy atom. The minimum absolute atomic E-state index is 0.871. The predicted molar refractivity (Wildman–Crippen MR) is 68.7 cm³/mol. The smallest absolute Gasteiger partial charge is 0.0228 e. The molecule has 0 heterocycles. The van der Waals surface area contributed by atoms with E-state index in [0.717, 1.165) is 6.42 Å². The van der Waals surface area contributed by atoms with Gasteiger partial charge in [-0.2, -0.15) is 0 Å². The third-order valence-electron chi connectivity index (χ3n) is 2.60. The summed E-state index contributed by atoms with van der Waals surface area (Å²) < 4.78 is 0. The van der Waals surface area contributed by atoms with Crippen molar-refractivity contribution in [3.8, 4) is 0 Å². The van der Waals surface area contributed by atoms with E-state index in [0.29, 0.717) is 0 Å². The highest BCUT2D eigenvalue weighted by atomic mass is 14.0. The zero-order chi connectivity index (χ0) is 10.9. The second-order valence-electron chi connectivity index (χ2n) is 3.85. The molecule has 1 aromatic rings. The average Bonchev–Trinajstić information content (AvgIpc) is 2.29. The molecule has 1 rings (SSSR count). The van der Waals surface area contributed by atoms with Crippen molar-refractivity contribution in [2.24, 2.45) is 0 Å². The number of allylic oxidation sites excluding steroid dienone is 1. The van der Waals surface area contributed by atoms with Gasteiger partial charge in [-0.15, -0.1) is 0 Å². The van der Waals surface area contributed by atoms with E-state index in [4.69, 9.17) is 0 Å². The van der Waals surface area contributed by atoms with E-state index in [2.05, 4.69) is 50.3 Å². The minimum Gasteiger partial charge on any atom is -0.0839 e. The van der Waals surface area contributed by atoms with Gasteiger partial charge in [0.1, 0.15) is 0 Å². The van der Waals surface area contributed by atoms with Crippen LogP contribution in [0.2, 0.25) is 0 Å². The Morgan fingerprint density at radius 2 is 2.00 bits per heavy atom. The highest BCUT2D eigenvalue weighted by molar-refractivity contribution is 5.53. The summed E-state index contributed by atoms with van der Waals surface area (Å²) in [4.78, 5) is 0. The van der Waals surface area contributed by atoms with Crippen molar-refractivity contribution in [1.29, 1.82) is 0 Å². The quantitative estimate of drug-likeness (QED) is 0.587. The molecule has 0 bridgehead atoms. The van der Waals surface area contributed by atoms with Crippen molar-refractivity contribution in [2.75, 3.05) is 0 Å². The molecule has 15 heavy (non-hydrogen) atoms. The number of hydrogen-bond donors (Lipinski definition) is 0. The van der Waals surface area contributed by atoms with Crippen LogP contribution < -0.4 is 0 Å². The lowest BCUT2D eigenvalue weighted by atomic mass is 10.0. The van der Waals surface area contributed by atoms with Gasteiger partial charge in [0.2, 0.25) is 0 Å². The van der Waals surface area contributed by atoms with Crippen LogP contribution in [-0.4, -0.2) is 0 Å². The summed E-state index contributed by atoms with van der Waals surface area (Å²) in [6, 6.07) is 8.48. The normalized spacial score (nSPS) is 11.1. The highest BCUT2D eigenvalue weighted by Crippen LogP contribution is 2.12. The van der Waals surface area contributed by atoms with E-state index in [9.17, 15) is 0 Å². The van der Waals surface area contributed by atoms with Crippen LogP contribution in [0, 0.1) is 6.92 Å². The van der Waals surface area contributed by atoms with Crippen molar-refractivity contribution in [2.45, 2.75) is 39.0 Å². The first kappa shape index (κ1) is 12.0. The molecular formula is C15H21. The maximum absolute atomic E-state index is 3.94. The SMILES string of the molecule is [CH2]Cc1ccccc1C=CCCCCC. The van der Waals surface area contributed by atoms with Crippen molar-refractivity contribution in [3.05, 3.63) is 48.4 Å². The zero-order valence-electron chi connectivity index (χ0n) is 9.71. The maximum Gasteiger partial charge on any atom is -0.0228 e. The molecule has 0 nitrogen and oxygen atoms in total. The molecule has 81 valence electrons. The van der Waals surface area contributed by atoms with E-state index in [1.807, 2.05) is 0 Å². The van der Waals surface area contributed by atoms with Crippen LogP contribution in [0.5, 0.6) is 0 Å². The topological polar surface area (TPSA) is 0 Å². The molecule has 0 aliphatic rings. The Bertz CT molecular complexity index is 297. The molecule has 0 aliphatic carbocycles. The first-order chi connectivity index (χ1) is 7.38. The summed E-state index contributed by atoms with van der Waals surface area (Å²) >= 11 is 0. The monoisotopic (exact) mass is 201 g/mol. The first-order valence-electron chi connectivity index (χ1n) is 5.92. The average molecular weight is 201 g/mol. The van der Waals surface area contributed by atoms with Crippen LogP contribution in [0.25, 0.3) is 6.08 Å². The molecule has 0 unspecified atom stereocenters. The van der Waals surface area contributed by atoms with Gasteiger partial charge in [-0.05, 0) is 37.3 Å². The number of rotatable bonds is 6. The Hall–Kier alpha value is -1.04. The molecule has 0 N–H and O–H groups in total. The van der Waals surface area contributed by atoms with Crippen LogP contribution in [0.15, 0.2) is 30.3 Å². The van der Waals surface area contributed by atoms with E-state index in [1.165, 1.54) is 36.8 Å². The molecule has 0 saturated heterocycles. The number of unbranched alkanes of at least 4 members (excludes halogenated alkanes) is 3. The Morgan fingerprint density at radius 3 is 2.73 bits per heavy atom. The summed E-state index contributed by atoms with van der Waals surface area (Å²) in [5.74, 6) is 0. The Labute approximate surface area is 94.0 Å². The molecular weight excluding hydrogens is 180 g/mol. The first-order valence-corrected chi connectivity index (χ1v) is 5.92. The lowest BCUT2D eigenvalue weighted by molar-refractivity contribution is 0.730. The van der Waals surface area contributed by atoms with E-state index in [1.54, 1.807) is 0 Å². The van der Waals surface area contributed by atoms with Gasteiger partial charge in [0.25, 0.3) is 0 Å². The summed E-state index contributed by atoms with van der Waals surface area (Å²) in [6.07, 6.45) is 10.5. The van der Waals surface area contributed by atoms with Crippen LogP contribution >= 0.6 is 0 Å². The summed E-state index contributed by atoms with van der Waals surface area (Å²) in [5, 5.41) is 0. The second kappa shape index (κ2) is 7.28. The molecule has 1 aromatic carbocycles. The minimum atomic E-state index is 0.871. The lowest BCUT2D eigenvalue weighted by Gasteiger charge is -2.01. The van der Waals surface area contributed by atoms with Gasteiger partial charge in [0.15, 0.2) is 0 Å². The zero-order valence-corrected chi connectivity index (χ0v) is 9.71. The second-order valence-corrected chi connectivity index (χ2v) is 3.85. The van der Waals surface area contributed by atoms with Gasteiger partial charge in [-0.25, -0.2) is 0 Å². The molecule has 0 fully saturated rings. The summed E-state index contributed by atoms with van der Waals surface area (Å²) in [7, 11) is 0. The molecule has 0 amide bonds. The van der Waals surface area contributed by atoms with E-state index in [-0.39, 0.29) is 0 Å². The molecule has 0 atom stereocenters. The fourth-order valence-electron chi connectivity index (χ4n) is 1.65. The van der Waals surface area contributed by atoms with Gasteiger partial charge in [-0.3, -0.25) is 0 Å². The third kappa shape index (κ3) is 4.33. The van der Waals surface area contributed by atoms with Crippen LogP contribution in [0.3, 0.4) is 0 Å². The van der Waals surface area contributed by atoms with Crippen molar-refractivity contribution >= 4 is 6.08 Å². The van der Waals surface area contributed by atoms with Gasteiger partial charge in [0, 0.05) is 0 Å². The highest BCUT2D eigenvalue weighted by Gasteiger charge is 1.93. The van der Waals surface area contributed by atoms with E-state index < -0.39 is 0 Å². The lowest BCUT2D eigenvalue weighted by Crippen LogP contribution is -1.84. The van der Waals surface area contributed by atoms with Gasteiger partial charge in [0.05, 0.1) is 0 Å². The number of benzene rings is 1. The third-order valence-corrected chi connectivity index (χ3v) is 2.60. The van der Waals surface area contributed by atoms with E-state index >= 15 is 0 Å². The van der Waals surface area contributed by atoms with Crippen LogP contribution in [0.4, 0.5) is 0 Å². The molecule has 0 saturated carbocycles. The fraction of sp³-hybridized carbons (Fsp3) is 0.400. The van der Waals surface area contributed by atoms with Crippen molar-refractivity contribution < 1.29 is 0 Å². The van der Waals surface area contributed by atoms with Gasteiger partial charge in [-0.1, -0.05) is 56.2 Å². The standard InChI is InChI=1S/C15H21/c1-3-5-6-7-8-12-15-13-10-9-11-14(15)4-2/h8-13H,2-7H2,1H3. The van der Waals surface area contributed by atoms with Crippen molar-refractivity contribution in [3.63, 3.8) is 0 Å². The number of hydrogen-bond acceptors (Lipinski definition) is 0. The van der Waals surface area contributed by atoms with Crippen LogP contribution in [0.1, 0.15) is 43.7 Å². The molecule has 1 radical (unpaired) electrons. The molecule has 0 heteroatoms. The van der Waals surface area contributed by atoms with Crippen molar-refractivity contribution in [1.82, 2.24) is 0 Å². The fourth-order valence-corrected chi connectivity index (χ4v) is 1.65. The Kier molecular flexibility index (Phi) is 5.84. The molecule has 0 spiro atoms.